The van der Waals surface area contributed by atoms with E-state index in [2.05, 4.69) is 5.32 Å². The summed E-state index contributed by atoms with van der Waals surface area (Å²) in [6.07, 6.45) is 2.73. The molecule has 0 radical (unpaired) electrons. The first-order chi connectivity index (χ1) is 8.10. The van der Waals surface area contributed by atoms with Gasteiger partial charge in [0.2, 0.25) is 10.0 Å². The number of rotatable bonds is 7. The van der Waals surface area contributed by atoms with Gasteiger partial charge in [0, 0.05) is 26.7 Å². The number of ether oxygens (including phenoxy) is 1. The zero-order chi connectivity index (χ0) is 12.7. The molecule has 1 N–H and O–H groups in total. The van der Waals surface area contributed by atoms with Crippen molar-refractivity contribution in [3.63, 3.8) is 0 Å². The second-order valence-corrected chi connectivity index (χ2v) is 6.16. The van der Waals surface area contributed by atoms with E-state index in [-0.39, 0.29) is 5.75 Å². The van der Waals surface area contributed by atoms with Crippen LogP contribution in [0.1, 0.15) is 13.3 Å². The van der Waals surface area contributed by atoms with Crippen molar-refractivity contribution in [3.05, 3.63) is 11.6 Å². The lowest BCUT2D eigenvalue weighted by Gasteiger charge is -2.25. The van der Waals surface area contributed by atoms with E-state index in [1.165, 1.54) is 5.57 Å². The number of sulfonamides is 1. The Bertz CT molecular complexity index is 352. The molecule has 0 saturated carbocycles. The Morgan fingerprint density at radius 3 is 2.82 bits per heavy atom. The summed E-state index contributed by atoms with van der Waals surface area (Å²) in [6.45, 7) is 4.94. The average molecular weight is 262 g/mol. The molecule has 0 atom stereocenters. The predicted octanol–water partition coefficient (Wildman–Crippen LogP) is 0.204. The molecule has 1 heterocycles. The molecule has 0 aromatic carbocycles. The molecule has 0 aromatic heterocycles. The van der Waals surface area contributed by atoms with Crippen LogP contribution >= 0.6 is 0 Å². The van der Waals surface area contributed by atoms with Crippen LogP contribution in [0.3, 0.4) is 0 Å². The van der Waals surface area contributed by atoms with Gasteiger partial charge in [-0.2, -0.15) is 4.31 Å². The standard InChI is InChI=1S/C11H22N2O3S/c1-3-12-6-9-17(14,15)13-7-4-11(5-8-13)10-16-2/h4,12H,3,5-10H2,1-2H3. The minimum atomic E-state index is -3.11. The van der Waals surface area contributed by atoms with E-state index in [1.54, 1.807) is 11.4 Å². The molecule has 1 aliphatic heterocycles. The Morgan fingerprint density at radius 1 is 1.53 bits per heavy atom. The van der Waals surface area contributed by atoms with Gasteiger partial charge < -0.3 is 10.1 Å². The Labute approximate surface area is 104 Å². The molecule has 0 spiro atoms. The molecule has 0 aromatic rings. The number of hydrogen-bond donors (Lipinski definition) is 1. The van der Waals surface area contributed by atoms with Crippen molar-refractivity contribution in [2.45, 2.75) is 13.3 Å². The quantitative estimate of drug-likeness (QED) is 0.526. The number of nitrogens with one attached hydrogen (secondary N) is 1. The van der Waals surface area contributed by atoms with Crippen LogP contribution < -0.4 is 5.32 Å². The van der Waals surface area contributed by atoms with Crippen molar-refractivity contribution >= 4 is 10.0 Å². The monoisotopic (exact) mass is 262 g/mol. The molecule has 0 saturated heterocycles. The fourth-order valence-electron chi connectivity index (χ4n) is 1.77. The topological polar surface area (TPSA) is 58.6 Å². The Kier molecular flexibility index (Phi) is 6.11. The molecule has 0 unspecified atom stereocenters. The fourth-order valence-corrected chi connectivity index (χ4v) is 3.10. The molecule has 0 bridgehead atoms. The minimum Gasteiger partial charge on any atom is -0.380 e. The highest BCUT2D eigenvalue weighted by Gasteiger charge is 2.23. The Morgan fingerprint density at radius 2 is 2.29 bits per heavy atom. The SMILES string of the molecule is CCNCCS(=O)(=O)N1CC=C(COC)CC1. The van der Waals surface area contributed by atoms with Gasteiger partial charge in [0.15, 0.2) is 0 Å². The van der Waals surface area contributed by atoms with Gasteiger partial charge in [-0.15, -0.1) is 0 Å². The zero-order valence-electron chi connectivity index (χ0n) is 10.6. The third-order valence-electron chi connectivity index (χ3n) is 2.78. The van der Waals surface area contributed by atoms with E-state index in [0.29, 0.717) is 26.2 Å². The molecular formula is C11H22N2O3S. The Hall–Kier alpha value is -0.430. The largest absolute Gasteiger partial charge is 0.380 e. The first-order valence-corrected chi connectivity index (χ1v) is 7.56. The van der Waals surface area contributed by atoms with Gasteiger partial charge in [0.25, 0.3) is 0 Å². The van der Waals surface area contributed by atoms with Crippen molar-refractivity contribution in [2.75, 3.05) is 45.6 Å². The van der Waals surface area contributed by atoms with Gasteiger partial charge in [-0.3, -0.25) is 0 Å². The van der Waals surface area contributed by atoms with Gasteiger partial charge >= 0.3 is 0 Å². The van der Waals surface area contributed by atoms with Crippen molar-refractivity contribution < 1.29 is 13.2 Å². The smallest absolute Gasteiger partial charge is 0.215 e. The molecule has 0 fully saturated rings. The van der Waals surface area contributed by atoms with Crippen LogP contribution in [-0.2, 0) is 14.8 Å². The van der Waals surface area contributed by atoms with E-state index in [1.807, 2.05) is 13.0 Å². The van der Waals surface area contributed by atoms with E-state index in [4.69, 9.17) is 4.74 Å². The highest BCUT2D eigenvalue weighted by Crippen LogP contribution is 2.14. The van der Waals surface area contributed by atoms with Crippen molar-refractivity contribution in [1.82, 2.24) is 9.62 Å². The summed E-state index contributed by atoms with van der Waals surface area (Å²) < 4.78 is 30.5. The third-order valence-corrected chi connectivity index (χ3v) is 4.61. The summed E-state index contributed by atoms with van der Waals surface area (Å²) in [5, 5.41) is 3.03. The molecule has 1 aliphatic rings. The number of hydrogen-bond acceptors (Lipinski definition) is 4. The fraction of sp³-hybridized carbons (Fsp3) is 0.818. The Balaban J connectivity index is 2.46. The van der Waals surface area contributed by atoms with Gasteiger partial charge in [-0.05, 0) is 18.5 Å². The van der Waals surface area contributed by atoms with Crippen molar-refractivity contribution in [1.29, 1.82) is 0 Å². The normalized spacial score (nSPS) is 18.1. The van der Waals surface area contributed by atoms with E-state index < -0.39 is 10.0 Å². The molecular weight excluding hydrogens is 240 g/mol. The minimum absolute atomic E-state index is 0.175. The van der Waals surface area contributed by atoms with E-state index >= 15 is 0 Å². The summed E-state index contributed by atoms with van der Waals surface area (Å²) in [5.74, 6) is 0.175. The van der Waals surface area contributed by atoms with Crippen LogP contribution in [0.15, 0.2) is 11.6 Å². The lowest BCUT2D eigenvalue weighted by molar-refractivity contribution is 0.219. The van der Waals surface area contributed by atoms with E-state index in [0.717, 1.165) is 13.0 Å². The first-order valence-electron chi connectivity index (χ1n) is 5.95. The molecule has 0 aliphatic carbocycles. The summed E-state index contributed by atoms with van der Waals surface area (Å²) in [7, 11) is -1.46. The van der Waals surface area contributed by atoms with Gasteiger partial charge in [0.1, 0.15) is 0 Å². The molecule has 0 amide bonds. The van der Waals surface area contributed by atoms with Gasteiger partial charge in [-0.25, -0.2) is 8.42 Å². The van der Waals surface area contributed by atoms with Crippen LogP contribution in [0.5, 0.6) is 0 Å². The predicted molar refractivity (Wildman–Crippen MR) is 68.5 cm³/mol. The van der Waals surface area contributed by atoms with Crippen LogP contribution in [0.2, 0.25) is 0 Å². The highest BCUT2D eigenvalue weighted by molar-refractivity contribution is 7.89. The summed E-state index contributed by atoms with van der Waals surface area (Å²) in [5.41, 5.74) is 1.19. The highest BCUT2D eigenvalue weighted by atomic mass is 32.2. The van der Waals surface area contributed by atoms with Crippen LogP contribution in [0, 0.1) is 0 Å². The molecule has 17 heavy (non-hydrogen) atoms. The zero-order valence-corrected chi connectivity index (χ0v) is 11.4. The molecule has 1 rings (SSSR count). The summed E-state index contributed by atoms with van der Waals surface area (Å²) >= 11 is 0. The molecule has 6 heteroatoms. The molecule has 5 nitrogen and oxygen atoms in total. The van der Waals surface area contributed by atoms with Gasteiger partial charge in [0.05, 0.1) is 12.4 Å². The average Bonchev–Trinajstić information content (AvgIpc) is 2.30. The number of methoxy groups -OCH3 is 1. The third kappa shape index (κ3) is 4.75. The maximum atomic E-state index is 12.0. The molecule has 100 valence electrons. The van der Waals surface area contributed by atoms with Crippen molar-refractivity contribution in [2.24, 2.45) is 0 Å². The second kappa shape index (κ2) is 7.10. The summed E-state index contributed by atoms with van der Waals surface area (Å²) in [6, 6.07) is 0. The number of nitrogens with zero attached hydrogens (tertiary/aromatic N) is 1. The van der Waals surface area contributed by atoms with Crippen LogP contribution in [-0.4, -0.2) is 58.4 Å². The van der Waals surface area contributed by atoms with Crippen LogP contribution in [0.4, 0.5) is 0 Å². The lowest BCUT2D eigenvalue weighted by Crippen LogP contribution is -2.39. The first kappa shape index (κ1) is 14.6. The second-order valence-electron chi connectivity index (χ2n) is 4.07. The van der Waals surface area contributed by atoms with E-state index in [9.17, 15) is 8.42 Å². The maximum absolute atomic E-state index is 12.0. The lowest BCUT2D eigenvalue weighted by atomic mass is 10.1. The van der Waals surface area contributed by atoms with Gasteiger partial charge in [-0.1, -0.05) is 13.0 Å². The van der Waals surface area contributed by atoms with Crippen LogP contribution in [0.25, 0.3) is 0 Å². The summed E-state index contributed by atoms with van der Waals surface area (Å²) in [4.78, 5) is 0. The maximum Gasteiger partial charge on any atom is 0.215 e. The van der Waals surface area contributed by atoms with Crippen molar-refractivity contribution in [3.8, 4) is 0 Å².